The van der Waals surface area contributed by atoms with E-state index >= 15 is 0 Å². The lowest BCUT2D eigenvalue weighted by Gasteiger charge is -2.32. The standard InChI is InChI=1S/C32H40BrN3O5S/c1-24(2)22-34-32(38)30(20-25-11-6-5-7-12-25)35(23-26-13-8-14-27(33)19-26)31(37)17-10-18-36(42(4,39)40)28-15-9-16-29(21-28)41-3/h5-9,11-16,19,21,24,30H,10,17-18,20,22-23H2,1-4H3,(H,34,38). The van der Waals surface area contributed by atoms with Crippen molar-refractivity contribution in [2.45, 2.75) is 45.7 Å². The molecular formula is C32H40BrN3O5S. The van der Waals surface area contributed by atoms with E-state index in [1.54, 1.807) is 29.2 Å². The zero-order chi connectivity index (χ0) is 30.7. The van der Waals surface area contributed by atoms with Crippen LogP contribution < -0.4 is 14.4 Å². The smallest absolute Gasteiger partial charge is 0.243 e. The van der Waals surface area contributed by atoms with Crippen molar-refractivity contribution < 1.29 is 22.7 Å². The predicted octanol–water partition coefficient (Wildman–Crippen LogP) is 5.42. The average molecular weight is 659 g/mol. The van der Waals surface area contributed by atoms with E-state index in [0.717, 1.165) is 21.9 Å². The number of nitrogens with one attached hydrogen (secondary N) is 1. The zero-order valence-corrected chi connectivity index (χ0v) is 27.0. The third-order valence-electron chi connectivity index (χ3n) is 6.69. The highest BCUT2D eigenvalue weighted by Crippen LogP contribution is 2.24. The van der Waals surface area contributed by atoms with Crippen LogP contribution in [0.4, 0.5) is 5.69 Å². The fraction of sp³-hybridized carbons (Fsp3) is 0.375. The van der Waals surface area contributed by atoms with Crippen molar-refractivity contribution in [1.29, 1.82) is 0 Å². The summed E-state index contributed by atoms with van der Waals surface area (Å²) in [7, 11) is -2.10. The lowest BCUT2D eigenvalue weighted by molar-refractivity contribution is -0.141. The van der Waals surface area contributed by atoms with Crippen molar-refractivity contribution in [3.63, 3.8) is 0 Å². The summed E-state index contributed by atoms with van der Waals surface area (Å²) in [4.78, 5) is 29.1. The van der Waals surface area contributed by atoms with Crippen LogP contribution in [0.15, 0.2) is 83.3 Å². The molecular weight excluding hydrogens is 618 g/mol. The first-order valence-electron chi connectivity index (χ1n) is 13.9. The summed E-state index contributed by atoms with van der Waals surface area (Å²) < 4.78 is 32.8. The first kappa shape index (κ1) is 33.1. The molecule has 0 spiro atoms. The number of rotatable bonds is 15. The minimum absolute atomic E-state index is 0.0622. The summed E-state index contributed by atoms with van der Waals surface area (Å²) >= 11 is 3.50. The molecule has 1 unspecified atom stereocenters. The number of hydrogen-bond donors (Lipinski definition) is 1. The second kappa shape index (κ2) is 15.7. The molecule has 0 saturated heterocycles. The Morgan fingerprint density at radius 3 is 2.29 bits per heavy atom. The Balaban J connectivity index is 1.88. The maximum Gasteiger partial charge on any atom is 0.243 e. The van der Waals surface area contributed by atoms with Gasteiger partial charge in [0.15, 0.2) is 0 Å². The molecule has 1 N–H and O–H groups in total. The third kappa shape index (κ3) is 10.2. The van der Waals surface area contributed by atoms with Crippen LogP contribution in [0.3, 0.4) is 0 Å². The molecule has 3 aromatic carbocycles. The molecule has 0 aliphatic rings. The minimum Gasteiger partial charge on any atom is -0.497 e. The van der Waals surface area contributed by atoms with Crippen molar-refractivity contribution >= 4 is 43.5 Å². The van der Waals surface area contributed by atoms with Crippen molar-refractivity contribution in [3.05, 3.63) is 94.5 Å². The maximum absolute atomic E-state index is 13.9. The van der Waals surface area contributed by atoms with Crippen LogP contribution in [0.2, 0.25) is 0 Å². The predicted molar refractivity (Wildman–Crippen MR) is 171 cm³/mol. The third-order valence-corrected chi connectivity index (χ3v) is 8.38. The molecule has 0 fully saturated rings. The van der Waals surface area contributed by atoms with Gasteiger partial charge < -0.3 is 15.0 Å². The molecule has 2 amide bonds. The Hall–Kier alpha value is -3.37. The number of nitrogens with zero attached hydrogens (tertiary/aromatic N) is 2. The first-order valence-corrected chi connectivity index (χ1v) is 16.6. The molecule has 0 aliphatic carbocycles. The molecule has 0 radical (unpaired) electrons. The van der Waals surface area contributed by atoms with Crippen LogP contribution in [0.5, 0.6) is 5.75 Å². The summed E-state index contributed by atoms with van der Waals surface area (Å²) in [6.45, 7) is 4.87. The Labute approximate surface area is 258 Å². The molecule has 3 aromatic rings. The molecule has 0 saturated carbocycles. The Kier molecular flexibility index (Phi) is 12.4. The van der Waals surface area contributed by atoms with Crippen molar-refractivity contribution in [2.75, 3.05) is 30.8 Å². The number of anilines is 1. The lowest BCUT2D eigenvalue weighted by Crippen LogP contribution is -2.51. The fourth-order valence-corrected chi connectivity index (χ4v) is 5.98. The van der Waals surface area contributed by atoms with Crippen molar-refractivity contribution in [2.24, 2.45) is 5.92 Å². The molecule has 0 aliphatic heterocycles. The molecule has 0 heterocycles. The molecule has 0 aromatic heterocycles. The fourth-order valence-electron chi connectivity index (χ4n) is 4.58. The van der Waals surface area contributed by atoms with Gasteiger partial charge in [-0.2, -0.15) is 0 Å². The topological polar surface area (TPSA) is 96.0 Å². The zero-order valence-electron chi connectivity index (χ0n) is 24.6. The monoisotopic (exact) mass is 657 g/mol. The second-order valence-electron chi connectivity index (χ2n) is 10.6. The van der Waals surface area contributed by atoms with Gasteiger partial charge in [0.2, 0.25) is 21.8 Å². The number of methoxy groups -OCH3 is 1. The molecule has 1 atom stereocenters. The highest BCUT2D eigenvalue weighted by molar-refractivity contribution is 9.10. The summed E-state index contributed by atoms with van der Waals surface area (Å²) in [6.07, 6.45) is 1.82. The van der Waals surface area contributed by atoms with E-state index in [-0.39, 0.29) is 43.7 Å². The first-order chi connectivity index (χ1) is 20.0. The van der Waals surface area contributed by atoms with E-state index in [0.29, 0.717) is 24.4 Å². The van der Waals surface area contributed by atoms with Crippen LogP contribution in [0.1, 0.15) is 37.8 Å². The Bertz CT molecular complexity index is 1430. The van der Waals surface area contributed by atoms with Crippen molar-refractivity contribution in [3.8, 4) is 5.75 Å². The summed E-state index contributed by atoms with van der Waals surface area (Å²) in [5, 5.41) is 3.02. The van der Waals surface area contributed by atoms with E-state index in [2.05, 4.69) is 21.2 Å². The Morgan fingerprint density at radius 1 is 0.952 bits per heavy atom. The van der Waals surface area contributed by atoms with Gasteiger partial charge >= 0.3 is 0 Å². The molecule has 3 rings (SSSR count). The van der Waals surface area contributed by atoms with Gasteiger partial charge in [-0.25, -0.2) is 8.42 Å². The quantitative estimate of drug-likeness (QED) is 0.236. The van der Waals surface area contributed by atoms with Crippen LogP contribution in [-0.2, 0) is 32.6 Å². The van der Waals surface area contributed by atoms with Gasteiger partial charge in [0.05, 0.1) is 19.1 Å². The van der Waals surface area contributed by atoms with Crippen LogP contribution in [-0.4, -0.2) is 57.6 Å². The number of halogens is 1. The van der Waals surface area contributed by atoms with Crippen LogP contribution in [0, 0.1) is 5.92 Å². The number of sulfonamides is 1. The maximum atomic E-state index is 13.9. The van der Waals surface area contributed by atoms with Gasteiger partial charge in [0.1, 0.15) is 11.8 Å². The van der Waals surface area contributed by atoms with Gasteiger partial charge in [-0.05, 0) is 47.7 Å². The van der Waals surface area contributed by atoms with Crippen LogP contribution in [0.25, 0.3) is 0 Å². The SMILES string of the molecule is COc1cccc(N(CCCC(=O)N(Cc2cccc(Br)c2)C(Cc2ccccc2)C(=O)NCC(C)C)S(C)(=O)=O)c1. The molecule has 0 bridgehead atoms. The molecule has 42 heavy (non-hydrogen) atoms. The average Bonchev–Trinajstić information content (AvgIpc) is 2.95. The number of ether oxygens (including phenoxy) is 1. The van der Waals surface area contributed by atoms with Gasteiger partial charge in [-0.3, -0.25) is 13.9 Å². The molecule has 226 valence electrons. The summed E-state index contributed by atoms with van der Waals surface area (Å²) in [6, 6.07) is 23.4. The lowest BCUT2D eigenvalue weighted by atomic mass is 10.0. The largest absolute Gasteiger partial charge is 0.497 e. The second-order valence-corrected chi connectivity index (χ2v) is 13.5. The van der Waals surface area contributed by atoms with E-state index < -0.39 is 16.1 Å². The number of amides is 2. The van der Waals surface area contributed by atoms with E-state index in [1.165, 1.54) is 11.4 Å². The number of hydrogen-bond acceptors (Lipinski definition) is 5. The van der Waals surface area contributed by atoms with Gasteiger partial charge in [-0.15, -0.1) is 0 Å². The van der Waals surface area contributed by atoms with Crippen molar-refractivity contribution in [1.82, 2.24) is 10.2 Å². The van der Waals surface area contributed by atoms with Gasteiger partial charge in [-0.1, -0.05) is 78.3 Å². The highest BCUT2D eigenvalue weighted by Gasteiger charge is 2.30. The summed E-state index contributed by atoms with van der Waals surface area (Å²) in [5.74, 6) is 0.340. The molecule has 8 nitrogen and oxygen atoms in total. The number of benzene rings is 3. The number of carbonyl (C=O) groups excluding carboxylic acids is 2. The van der Waals surface area contributed by atoms with Gasteiger partial charge in [0.25, 0.3) is 0 Å². The molecule has 10 heteroatoms. The normalized spacial score (nSPS) is 12.0. The number of carbonyl (C=O) groups is 2. The minimum atomic E-state index is -3.62. The van der Waals surface area contributed by atoms with Gasteiger partial charge in [0, 0.05) is 43.0 Å². The highest BCUT2D eigenvalue weighted by atomic mass is 79.9. The Morgan fingerprint density at radius 2 is 1.64 bits per heavy atom. The van der Waals surface area contributed by atoms with E-state index in [4.69, 9.17) is 4.74 Å². The van der Waals surface area contributed by atoms with Crippen LogP contribution >= 0.6 is 15.9 Å². The van der Waals surface area contributed by atoms with E-state index in [1.807, 2.05) is 68.4 Å². The van der Waals surface area contributed by atoms with E-state index in [9.17, 15) is 18.0 Å². The summed E-state index contributed by atoms with van der Waals surface area (Å²) in [5.41, 5.74) is 2.28.